The Morgan fingerprint density at radius 3 is 1.75 bits per heavy atom. The summed E-state index contributed by atoms with van der Waals surface area (Å²) in [7, 11) is 3.32. The lowest BCUT2D eigenvalue weighted by Crippen LogP contribution is -2.23. The van der Waals surface area contributed by atoms with Crippen molar-refractivity contribution in [2.24, 2.45) is 0 Å². The van der Waals surface area contributed by atoms with Crippen molar-refractivity contribution in [2.75, 3.05) is 40.5 Å². The molecule has 0 rings (SSSR count). The van der Waals surface area contributed by atoms with Crippen LogP contribution < -0.4 is 0 Å². The molecule has 0 atom stereocenters. The first-order chi connectivity index (χ1) is 5.81. The number of hydrogen-bond donors (Lipinski definition) is 1. The van der Waals surface area contributed by atoms with Crippen LogP contribution in [0.25, 0.3) is 0 Å². The highest BCUT2D eigenvalue weighted by Crippen LogP contribution is 1.90. The van der Waals surface area contributed by atoms with Crippen molar-refractivity contribution in [3.05, 3.63) is 0 Å². The van der Waals surface area contributed by atoms with Gasteiger partial charge in [-0.05, 0) is 12.8 Å². The molecule has 0 fully saturated rings. The molecule has 0 saturated heterocycles. The topological polar surface area (TPSA) is 41.9 Å². The Labute approximate surface area is 74.0 Å². The zero-order chi connectivity index (χ0) is 9.23. The molecule has 0 heterocycles. The Morgan fingerprint density at radius 1 is 1.00 bits per heavy atom. The molecule has 0 aliphatic carbocycles. The van der Waals surface area contributed by atoms with Gasteiger partial charge < -0.3 is 14.7 Å². The van der Waals surface area contributed by atoms with Crippen LogP contribution >= 0.6 is 0 Å². The molecule has 0 amide bonds. The van der Waals surface area contributed by atoms with Gasteiger partial charge in [0.2, 0.25) is 0 Å². The minimum atomic E-state index is 0.664. The number of hydroxylamine groups is 2. The van der Waals surface area contributed by atoms with Crippen LogP contribution in [0.15, 0.2) is 0 Å². The van der Waals surface area contributed by atoms with Crippen LogP contribution in [0.5, 0.6) is 0 Å². The highest BCUT2D eigenvalue weighted by Gasteiger charge is 1.98. The first-order valence-corrected chi connectivity index (χ1v) is 4.23. The number of rotatable bonds is 8. The summed E-state index contributed by atoms with van der Waals surface area (Å²) >= 11 is 0. The summed E-state index contributed by atoms with van der Waals surface area (Å²) in [4.78, 5) is 0. The lowest BCUT2D eigenvalue weighted by Gasteiger charge is -2.13. The molecular weight excluding hydrogens is 158 g/mol. The minimum absolute atomic E-state index is 0.664. The molecule has 1 N–H and O–H groups in total. The fourth-order valence-corrected chi connectivity index (χ4v) is 0.895. The molecule has 0 saturated carbocycles. The van der Waals surface area contributed by atoms with Crippen molar-refractivity contribution in [3.8, 4) is 0 Å². The quantitative estimate of drug-likeness (QED) is 0.439. The van der Waals surface area contributed by atoms with Gasteiger partial charge in [0.25, 0.3) is 0 Å². The van der Waals surface area contributed by atoms with E-state index in [2.05, 4.69) is 0 Å². The van der Waals surface area contributed by atoms with Crippen molar-refractivity contribution >= 4 is 0 Å². The zero-order valence-corrected chi connectivity index (χ0v) is 7.95. The summed E-state index contributed by atoms with van der Waals surface area (Å²) in [5, 5.41) is 10.5. The summed E-state index contributed by atoms with van der Waals surface area (Å²) < 4.78 is 9.71. The predicted octanol–water partition coefficient (Wildman–Crippen LogP) is 0.751. The highest BCUT2D eigenvalue weighted by atomic mass is 16.5. The monoisotopic (exact) mass is 177 g/mol. The first-order valence-electron chi connectivity index (χ1n) is 4.23. The molecule has 0 spiro atoms. The van der Waals surface area contributed by atoms with Gasteiger partial charge in [-0.25, -0.2) is 0 Å². The zero-order valence-electron chi connectivity index (χ0n) is 7.95. The summed E-state index contributed by atoms with van der Waals surface area (Å²) in [5.41, 5.74) is 0. The first kappa shape index (κ1) is 11.8. The molecule has 0 unspecified atom stereocenters. The molecule has 0 radical (unpaired) electrons. The third-order valence-electron chi connectivity index (χ3n) is 1.53. The largest absolute Gasteiger partial charge is 0.385 e. The number of hydrogen-bond acceptors (Lipinski definition) is 4. The highest BCUT2D eigenvalue weighted by molar-refractivity contribution is 4.45. The average Bonchev–Trinajstić information content (AvgIpc) is 2.06. The van der Waals surface area contributed by atoms with Gasteiger partial charge in [0, 0.05) is 40.5 Å². The van der Waals surface area contributed by atoms with E-state index in [-0.39, 0.29) is 0 Å². The van der Waals surface area contributed by atoms with Crippen molar-refractivity contribution in [1.82, 2.24) is 5.06 Å². The summed E-state index contributed by atoms with van der Waals surface area (Å²) in [6, 6.07) is 0. The Balaban J connectivity index is 3.04. The lowest BCUT2D eigenvalue weighted by atomic mass is 10.4. The standard InChI is InChI=1S/C8H19NO3/c1-11-7-3-5-9(10)6-4-8-12-2/h10H,3-8H2,1-2H3. The fraction of sp³-hybridized carbons (Fsp3) is 1.00. The van der Waals surface area contributed by atoms with E-state index in [9.17, 15) is 5.21 Å². The van der Waals surface area contributed by atoms with E-state index in [4.69, 9.17) is 9.47 Å². The molecule has 12 heavy (non-hydrogen) atoms. The third-order valence-corrected chi connectivity index (χ3v) is 1.53. The van der Waals surface area contributed by atoms with Crippen molar-refractivity contribution in [2.45, 2.75) is 12.8 Å². The van der Waals surface area contributed by atoms with E-state index >= 15 is 0 Å². The second-order valence-electron chi connectivity index (χ2n) is 2.65. The predicted molar refractivity (Wildman–Crippen MR) is 46.3 cm³/mol. The van der Waals surface area contributed by atoms with E-state index < -0.39 is 0 Å². The average molecular weight is 177 g/mol. The molecule has 74 valence electrons. The maximum absolute atomic E-state index is 9.22. The maximum Gasteiger partial charge on any atom is 0.0475 e. The van der Waals surface area contributed by atoms with E-state index in [0.717, 1.165) is 12.8 Å². The van der Waals surface area contributed by atoms with Gasteiger partial charge in [-0.2, -0.15) is 5.06 Å². The van der Waals surface area contributed by atoms with Crippen LogP contribution in [0.2, 0.25) is 0 Å². The molecule has 0 aliphatic rings. The second kappa shape index (κ2) is 8.93. The third kappa shape index (κ3) is 7.94. The van der Waals surface area contributed by atoms with Crippen LogP contribution in [0, 0.1) is 0 Å². The molecule has 0 aromatic heterocycles. The molecule has 0 aromatic carbocycles. The van der Waals surface area contributed by atoms with Crippen LogP contribution in [-0.2, 0) is 9.47 Å². The van der Waals surface area contributed by atoms with Gasteiger partial charge in [0.1, 0.15) is 0 Å². The Bertz CT molecular complexity index is 80.4. The summed E-state index contributed by atoms with van der Waals surface area (Å²) in [5.74, 6) is 0. The molecular formula is C8H19NO3. The number of methoxy groups -OCH3 is 2. The number of nitrogens with zero attached hydrogens (tertiary/aromatic N) is 1. The van der Waals surface area contributed by atoms with Gasteiger partial charge in [-0.3, -0.25) is 0 Å². The molecule has 0 aromatic rings. The van der Waals surface area contributed by atoms with Gasteiger partial charge >= 0.3 is 0 Å². The molecule has 0 bridgehead atoms. The van der Waals surface area contributed by atoms with Gasteiger partial charge in [0.05, 0.1) is 0 Å². The van der Waals surface area contributed by atoms with Gasteiger partial charge in [-0.15, -0.1) is 0 Å². The minimum Gasteiger partial charge on any atom is -0.385 e. The van der Waals surface area contributed by atoms with Crippen LogP contribution in [0.3, 0.4) is 0 Å². The molecule has 4 heteroatoms. The van der Waals surface area contributed by atoms with Gasteiger partial charge in [-0.1, -0.05) is 0 Å². The Hall–Kier alpha value is -0.160. The van der Waals surface area contributed by atoms with Crippen molar-refractivity contribution in [3.63, 3.8) is 0 Å². The van der Waals surface area contributed by atoms with Crippen LogP contribution in [-0.4, -0.2) is 50.8 Å². The Morgan fingerprint density at radius 2 is 1.42 bits per heavy atom. The fourth-order valence-electron chi connectivity index (χ4n) is 0.895. The van der Waals surface area contributed by atoms with E-state index in [1.54, 1.807) is 14.2 Å². The smallest absolute Gasteiger partial charge is 0.0475 e. The lowest BCUT2D eigenvalue weighted by molar-refractivity contribution is -0.0969. The van der Waals surface area contributed by atoms with E-state index in [1.165, 1.54) is 5.06 Å². The molecule has 4 nitrogen and oxygen atoms in total. The van der Waals surface area contributed by atoms with E-state index in [1.807, 2.05) is 0 Å². The van der Waals surface area contributed by atoms with Crippen molar-refractivity contribution in [1.29, 1.82) is 0 Å². The van der Waals surface area contributed by atoms with Crippen LogP contribution in [0.4, 0.5) is 0 Å². The SMILES string of the molecule is COCCCN(O)CCCOC. The Kier molecular flexibility index (Phi) is 8.81. The van der Waals surface area contributed by atoms with Crippen molar-refractivity contribution < 1.29 is 14.7 Å². The second-order valence-corrected chi connectivity index (χ2v) is 2.65. The summed E-state index contributed by atoms with van der Waals surface area (Å²) in [6.45, 7) is 2.72. The maximum atomic E-state index is 9.22. The van der Waals surface area contributed by atoms with E-state index in [0.29, 0.717) is 26.3 Å². The normalized spacial score (nSPS) is 11.0. The van der Waals surface area contributed by atoms with Gasteiger partial charge in [0.15, 0.2) is 0 Å². The number of ether oxygens (including phenoxy) is 2. The summed E-state index contributed by atoms with van der Waals surface area (Å²) in [6.07, 6.45) is 1.72. The van der Waals surface area contributed by atoms with Crippen LogP contribution in [0.1, 0.15) is 12.8 Å². The molecule has 0 aliphatic heterocycles.